The molecule has 3 amide bonds. The normalized spacial score (nSPS) is 23.3. The summed E-state index contributed by atoms with van der Waals surface area (Å²) in [5, 5.41) is 3.71. The molecular formula is C61H72F5N9O7. The number of amides is 3. The van der Waals surface area contributed by atoms with E-state index in [9.17, 15) is 14.4 Å². The average molecular weight is 1140 g/mol. The van der Waals surface area contributed by atoms with E-state index in [1.54, 1.807) is 24.4 Å². The van der Waals surface area contributed by atoms with Crippen LogP contribution in [0.15, 0.2) is 42.6 Å². The second-order valence-electron chi connectivity index (χ2n) is 25.3. The number of aryl methyl sites for hydroxylation is 1. The Morgan fingerprint density at radius 2 is 1.51 bits per heavy atom. The first kappa shape index (κ1) is 56.1. The van der Waals surface area contributed by atoms with Gasteiger partial charge in [0.25, 0.3) is 0 Å². The second-order valence-corrected chi connectivity index (χ2v) is 25.3. The van der Waals surface area contributed by atoms with Crippen molar-refractivity contribution in [1.29, 1.82) is 0 Å². The zero-order valence-corrected chi connectivity index (χ0v) is 47.4. The molecule has 7 heterocycles. The van der Waals surface area contributed by atoms with Crippen LogP contribution in [-0.4, -0.2) is 157 Å². The van der Waals surface area contributed by atoms with Gasteiger partial charge in [-0.25, -0.2) is 26.7 Å². The Kier molecular flexibility index (Phi) is 14.8. The number of likely N-dealkylation sites (tertiary alicyclic amines) is 1. The highest BCUT2D eigenvalue weighted by Crippen LogP contribution is 2.58. The summed E-state index contributed by atoms with van der Waals surface area (Å²) >= 11 is 0. The van der Waals surface area contributed by atoms with Crippen molar-refractivity contribution >= 4 is 51.1 Å². The molecule has 21 heteroatoms. The molecule has 82 heavy (non-hydrogen) atoms. The first-order valence-electron chi connectivity index (χ1n) is 29.1. The number of rotatable bonds is 15. The van der Waals surface area contributed by atoms with E-state index in [0.717, 1.165) is 58.2 Å². The highest BCUT2D eigenvalue weighted by molar-refractivity contribution is 6.02. The summed E-state index contributed by atoms with van der Waals surface area (Å²) in [6.07, 6.45) is 7.77. The van der Waals surface area contributed by atoms with Crippen molar-refractivity contribution in [3.05, 3.63) is 77.0 Å². The number of fused-ring (bicyclic) bond motifs is 4. The molecular weight excluding hydrogens is 1070 g/mol. The van der Waals surface area contributed by atoms with Crippen LogP contribution < -0.4 is 24.6 Å². The number of ether oxygens (including phenoxy) is 4. The van der Waals surface area contributed by atoms with Crippen molar-refractivity contribution in [2.24, 2.45) is 10.8 Å². The lowest BCUT2D eigenvalue weighted by atomic mass is 9.55. The fourth-order valence-electron chi connectivity index (χ4n) is 14.2. The molecule has 1 N–H and O–H groups in total. The van der Waals surface area contributed by atoms with Crippen molar-refractivity contribution in [3.8, 4) is 23.0 Å². The number of methoxy groups -OCH3 is 1. The number of piperidine rings is 2. The minimum atomic E-state index is -1.31. The third-order valence-electron chi connectivity index (χ3n) is 18.3. The predicted octanol–water partition coefficient (Wildman–Crippen LogP) is 9.62. The molecule has 438 valence electrons. The Labute approximate surface area is 474 Å². The number of hydrogen-bond donors (Lipinski definition) is 1. The van der Waals surface area contributed by atoms with E-state index >= 15 is 22.0 Å². The number of hydrogen-bond acceptors (Lipinski definition) is 14. The fourth-order valence-corrected chi connectivity index (χ4v) is 14.2. The maximum Gasteiger partial charge on any atom is 0.410 e. The molecule has 16 nitrogen and oxygen atoms in total. The van der Waals surface area contributed by atoms with Crippen molar-refractivity contribution in [2.75, 3.05) is 95.8 Å². The van der Waals surface area contributed by atoms with E-state index in [1.165, 1.54) is 25.3 Å². The van der Waals surface area contributed by atoms with Crippen LogP contribution in [0.1, 0.15) is 109 Å². The zero-order chi connectivity index (χ0) is 57.5. The summed E-state index contributed by atoms with van der Waals surface area (Å²) in [6, 6.07) is 8.65. The summed E-state index contributed by atoms with van der Waals surface area (Å²) in [7, 11) is 1.50. The van der Waals surface area contributed by atoms with E-state index < -0.39 is 52.3 Å². The van der Waals surface area contributed by atoms with Crippen LogP contribution in [0.5, 0.6) is 11.8 Å². The van der Waals surface area contributed by atoms with E-state index in [2.05, 4.69) is 20.0 Å². The quantitative estimate of drug-likeness (QED) is 0.0601. The van der Waals surface area contributed by atoms with E-state index in [0.29, 0.717) is 116 Å². The van der Waals surface area contributed by atoms with Gasteiger partial charge in [0.2, 0.25) is 11.8 Å². The van der Waals surface area contributed by atoms with Gasteiger partial charge in [-0.05, 0) is 150 Å². The van der Waals surface area contributed by atoms with Crippen LogP contribution in [0, 0.1) is 34.1 Å². The van der Waals surface area contributed by atoms with Gasteiger partial charge in [0.1, 0.15) is 51.5 Å². The zero-order valence-electron chi connectivity index (χ0n) is 47.4. The number of pyridine rings is 1. The number of aromatic nitrogens is 3. The lowest BCUT2D eigenvalue weighted by Gasteiger charge is -2.57. The van der Waals surface area contributed by atoms with E-state index in [4.69, 9.17) is 33.9 Å². The van der Waals surface area contributed by atoms with Gasteiger partial charge in [-0.1, -0.05) is 13.0 Å². The van der Waals surface area contributed by atoms with Gasteiger partial charge < -0.3 is 33.6 Å². The third kappa shape index (κ3) is 11.0. The molecule has 7 fully saturated rings. The fraction of sp³-hybridized carbons (Fsp3) is 0.574. The number of halogens is 5. The minimum absolute atomic E-state index is 0.000347. The monoisotopic (exact) mass is 1140 g/mol. The van der Waals surface area contributed by atoms with Crippen molar-refractivity contribution in [3.63, 3.8) is 0 Å². The average Bonchev–Trinajstić information content (AvgIpc) is 3.24. The molecule has 5 saturated heterocycles. The van der Waals surface area contributed by atoms with Crippen molar-refractivity contribution in [2.45, 2.75) is 128 Å². The highest BCUT2D eigenvalue weighted by Gasteiger charge is 2.57. The summed E-state index contributed by atoms with van der Waals surface area (Å²) < 4.78 is 104. The lowest BCUT2D eigenvalue weighted by Crippen LogP contribution is -2.60. The van der Waals surface area contributed by atoms with Crippen LogP contribution in [0.25, 0.3) is 32.9 Å². The number of nitrogens with zero attached hydrogens (tertiary/aromatic N) is 8. The maximum atomic E-state index is 17.7. The summed E-state index contributed by atoms with van der Waals surface area (Å²) in [5.74, 6) is -4.14. The number of imide groups is 1. The van der Waals surface area contributed by atoms with Crippen LogP contribution in [0.2, 0.25) is 0 Å². The Bertz CT molecular complexity index is 3280. The molecule has 2 aromatic heterocycles. The number of nitrogens with one attached hydrogen (secondary N) is 1. The summed E-state index contributed by atoms with van der Waals surface area (Å²) in [5.41, 5.74) is -1.45. The maximum absolute atomic E-state index is 17.7. The van der Waals surface area contributed by atoms with Gasteiger partial charge >= 0.3 is 12.1 Å². The van der Waals surface area contributed by atoms with Crippen molar-refractivity contribution in [1.82, 2.24) is 35.0 Å². The number of piperazine rings is 2. The first-order valence-corrected chi connectivity index (χ1v) is 29.1. The minimum Gasteiger partial charge on any atom is -0.468 e. The van der Waals surface area contributed by atoms with Crippen molar-refractivity contribution < 1.29 is 55.3 Å². The molecule has 0 radical (unpaired) electrons. The molecule has 7 aliphatic rings. The van der Waals surface area contributed by atoms with Gasteiger partial charge in [0.15, 0.2) is 12.6 Å². The smallest absolute Gasteiger partial charge is 0.410 e. The van der Waals surface area contributed by atoms with Crippen LogP contribution in [0.4, 0.5) is 38.3 Å². The molecule has 2 saturated carbocycles. The molecule has 2 bridgehead atoms. The summed E-state index contributed by atoms with van der Waals surface area (Å²) in [6.45, 7) is 13.3. The molecule has 1 spiro atoms. The topological polar surface area (TPSA) is 155 Å². The number of benzene rings is 3. The SMILES string of the molecule is CCc1c(F)ccc2cc(OCOC)cc(-c3ncc4c(N5CC6CCC(C5)N6C(=O)OC(C)(C)C)nc(OCC5(CN6CCC7(CC6)CC(F)(CN6CCN(c8cc(F)c(C9CCC(=O)NC9=O)c(F)c8)CC6)C7)CC5)nc4c3F)c12. The van der Waals surface area contributed by atoms with Gasteiger partial charge in [0, 0.05) is 94.3 Å². The van der Waals surface area contributed by atoms with Crippen LogP contribution in [-0.2, 0) is 25.5 Å². The molecule has 3 unspecified atom stereocenters. The molecule has 12 rings (SSSR count). The second kappa shape index (κ2) is 21.6. The third-order valence-corrected chi connectivity index (χ3v) is 18.3. The number of carbonyl (C=O) groups is 3. The van der Waals surface area contributed by atoms with Gasteiger partial charge in [-0.2, -0.15) is 9.97 Å². The molecule has 3 aromatic carbocycles. The standard InChI is InChI=1S/C61H72F5N9O7/c1-6-41-45(62)11-7-36-23-40(81-35-79-5)26-43(49(36)41)52-51(65)53-44(27-67-52)54(74-28-37-8-9-38(29-74)75(37)57(78)82-58(2,3)4)70-56(69-53)80-34-60(13-14-60)32-71-17-15-59(16-18-71)30-61(66,31-59)33-72-19-21-73(22-20-72)39-24-46(63)50(47(64)25-39)42-10-12-48(76)68-55(42)77/h7,11,23-27,37-38,42H,6,8-10,12-22,28-35H2,1-5H3,(H,68,76,77). The van der Waals surface area contributed by atoms with E-state index in [1.807, 2.05) is 37.5 Å². The van der Waals surface area contributed by atoms with E-state index in [-0.39, 0.29) is 71.4 Å². The number of carbonyl (C=O) groups excluding carboxylic acids is 3. The number of anilines is 2. The Balaban J connectivity index is 0.715. The van der Waals surface area contributed by atoms with Crippen LogP contribution in [0.3, 0.4) is 0 Å². The Morgan fingerprint density at radius 3 is 2.16 bits per heavy atom. The highest BCUT2D eigenvalue weighted by atomic mass is 19.2. The molecule has 5 aliphatic heterocycles. The lowest BCUT2D eigenvalue weighted by molar-refractivity contribution is -0.134. The molecule has 5 aromatic rings. The Morgan fingerprint density at radius 1 is 0.817 bits per heavy atom. The summed E-state index contributed by atoms with van der Waals surface area (Å²) in [4.78, 5) is 62.4. The predicted molar refractivity (Wildman–Crippen MR) is 298 cm³/mol. The number of alkyl halides is 1. The van der Waals surface area contributed by atoms with Gasteiger partial charge in [-0.15, -0.1) is 0 Å². The largest absolute Gasteiger partial charge is 0.468 e. The van der Waals surface area contributed by atoms with Crippen LogP contribution >= 0.6 is 0 Å². The first-order chi connectivity index (χ1) is 39.2. The Hall–Kier alpha value is -6.45. The van der Waals surface area contributed by atoms with Gasteiger partial charge in [-0.3, -0.25) is 29.7 Å². The molecule has 2 aliphatic carbocycles. The molecule has 3 atom stereocenters. The van der Waals surface area contributed by atoms with Gasteiger partial charge in [0.05, 0.1) is 30.0 Å².